The highest BCUT2D eigenvalue weighted by Crippen LogP contribution is 2.29. The van der Waals surface area contributed by atoms with Gasteiger partial charge in [-0.05, 0) is 36.2 Å². The molecule has 3 rings (SSSR count). The van der Waals surface area contributed by atoms with Crippen molar-refractivity contribution in [2.24, 2.45) is 17.2 Å². The summed E-state index contributed by atoms with van der Waals surface area (Å²) < 4.78 is 39.2. The van der Waals surface area contributed by atoms with Crippen LogP contribution >= 0.6 is 0 Å². The largest absolute Gasteiger partial charge is 0.416 e. The van der Waals surface area contributed by atoms with Crippen molar-refractivity contribution in [3.8, 4) is 0 Å². The lowest BCUT2D eigenvalue weighted by atomic mass is 10.0. The molecule has 2 unspecified atom stereocenters. The monoisotopic (exact) mass is 587 g/mol. The molecule has 3 aromatic rings. The number of pyridine rings is 1. The van der Waals surface area contributed by atoms with Gasteiger partial charge in [0.25, 0.3) is 0 Å². The minimum absolute atomic E-state index is 0.0108. The zero-order valence-electron chi connectivity index (χ0n) is 23.3. The fourth-order valence-electron chi connectivity index (χ4n) is 4.47. The first kappa shape index (κ1) is 32.4. The second-order valence-corrected chi connectivity index (χ2v) is 9.87. The molecule has 0 saturated heterocycles. The van der Waals surface area contributed by atoms with Gasteiger partial charge >= 0.3 is 6.18 Å². The number of aromatic nitrogens is 1. The van der Waals surface area contributed by atoms with E-state index in [0.29, 0.717) is 24.3 Å². The molecule has 0 aliphatic rings. The lowest BCUT2D eigenvalue weighted by Crippen LogP contribution is -2.52. The number of alkyl halides is 3. The summed E-state index contributed by atoms with van der Waals surface area (Å²) in [4.78, 5) is 46.4. The van der Waals surface area contributed by atoms with Crippen LogP contribution in [-0.2, 0) is 27.0 Å². The van der Waals surface area contributed by atoms with E-state index >= 15 is 0 Å². The van der Waals surface area contributed by atoms with Crippen molar-refractivity contribution in [2.75, 3.05) is 38.5 Å². The molecule has 0 aliphatic carbocycles. The summed E-state index contributed by atoms with van der Waals surface area (Å²) in [5.41, 5.74) is 18.0. The van der Waals surface area contributed by atoms with E-state index in [1.807, 2.05) is 24.3 Å². The van der Waals surface area contributed by atoms with E-state index in [9.17, 15) is 27.6 Å². The first-order valence-corrected chi connectivity index (χ1v) is 13.5. The second-order valence-electron chi connectivity index (χ2n) is 9.87. The number of nitrogens with two attached hydrogens (primary N) is 3. The number of nitrogens with one attached hydrogen (secondary N) is 1. The highest BCUT2D eigenvalue weighted by atomic mass is 19.4. The predicted molar refractivity (Wildman–Crippen MR) is 154 cm³/mol. The van der Waals surface area contributed by atoms with Crippen LogP contribution in [0.2, 0.25) is 0 Å². The van der Waals surface area contributed by atoms with Gasteiger partial charge in [0.2, 0.25) is 17.7 Å². The normalized spacial score (nSPS) is 12.9. The third-order valence-corrected chi connectivity index (χ3v) is 6.82. The van der Waals surface area contributed by atoms with Crippen molar-refractivity contribution in [1.82, 2.24) is 14.8 Å². The summed E-state index contributed by atoms with van der Waals surface area (Å²) in [6, 6.07) is 11.2. The molecule has 13 heteroatoms. The smallest absolute Gasteiger partial charge is 0.340 e. The molecule has 0 aliphatic heterocycles. The van der Waals surface area contributed by atoms with Crippen LogP contribution in [0.1, 0.15) is 24.0 Å². The van der Waals surface area contributed by atoms with Crippen LogP contribution in [0.5, 0.6) is 0 Å². The molecule has 2 aromatic carbocycles. The molecule has 1 aromatic heterocycles. The Bertz CT molecular complexity index is 1360. The Morgan fingerprint density at radius 2 is 1.64 bits per heavy atom. The van der Waals surface area contributed by atoms with Crippen LogP contribution in [0.15, 0.2) is 60.8 Å². The number of carbonyl (C=O) groups excluding carboxylic acids is 3. The van der Waals surface area contributed by atoms with E-state index < -0.39 is 35.6 Å². The maximum Gasteiger partial charge on any atom is 0.416 e. The summed E-state index contributed by atoms with van der Waals surface area (Å²) in [6.45, 7) is 1.15. The van der Waals surface area contributed by atoms with Crippen molar-refractivity contribution < 1.29 is 27.6 Å². The number of carbonyl (C=O) groups is 3. The lowest BCUT2D eigenvalue weighted by molar-refractivity contribution is -0.138. The van der Waals surface area contributed by atoms with Crippen molar-refractivity contribution in [1.29, 1.82) is 0 Å². The fourth-order valence-corrected chi connectivity index (χ4v) is 4.47. The number of rotatable bonds is 13. The van der Waals surface area contributed by atoms with Gasteiger partial charge in [-0.1, -0.05) is 30.3 Å². The van der Waals surface area contributed by atoms with E-state index in [1.165, 1.54) is 30.3 Å². The predicted octanol–water partition coefficient (Wildman–Crippen LogP) is 2.12. The van der Waals surface area contributed by atoms with Gasteiger partial charge in [-0.3, -0.25) is 19.4 Å². The zero-order chi connectivity index (χ0) is 30.9. The number of para-hydroxylation sites is 1. The molecule has 0 spiro atoms. The molecular formula is C29H36F3N7O3. The average Bonchev–Trinajstić information content (AvgIpc) is 2.97. The Morgan fingerprint density at radius 3 is 2.26 bits per heavy atom. The van der Waals surface area contributed by atoms with E-state index in [2.05, 4.69) is 10.3 Å². The summed E-state index contributed by atoms with van der Waals surface area (Å²) >= 11 is 0. The van der Waals surface area contributed by atoms with Gasteiger partial charge in [0.1, 0.15) is 6.04 Å². The SMILES string of the molecule is CN(C(=O)C(N)CCC(=O)N(CCN)CCN)C(Cc1ccc(C(F)(F)F)cc1)C(=O)Nc1cnc2ccccc2c1. The quantitative estimate of drug-likeness (QED) is 0.238. The first-order chi connectivity index (χ1) is 19.9. The van der Waals surface area contributed by atoms with Crippen molar-refractivity contribution in [3.63, 3.8) is 0 Å². The molecule has 3 amide bonds. The molecule has 10 nitrogen and oxygen atoms in total. The van der Waals surface area contributed by atoms with Gasteiger partial charge in [0.15, 0.2) is 0 Å². The van der Waals surface area contributed by atoms with Crippen molar-refractivity contribution in [3.05, 3.63) is 71.9 Å². The molecule has 0 saturated carbocycles. The number of amides is 3. The molecule has 42 heavy (non-hydrogen) atoms. The molecule has 2 atom stereocenters. The highest BCUT2D eigenvalue weighted by molar-refractivity contribution is 5.99. The standard InChI is InChI=1S/C29H36F3N7O3/c1-38(28(42)23(35)10-11-26(40)39(14-12-33)15-13-34)25(16-19-6-8-21(9-7-19)29(30,31)32)27(41)37-22-17-20-4-2-3-5-24(20)36-18-22/h2-9,17-18,23,25H,10-16,33-35H2,1H3,(H,37,41). The van der Waals surface area contributed by atoms with Crippen LogP contribution in [0.3, 0.4) is 0 Å². The Labute approximate surface area is 242 Å². The minimum Gasteiger partial charge on any atom is -0.340 e. The van der Waals surface area contributed by atoms with Gasteiger partial charge < -0.3 is 32.3 Å². The zero-order valence-corrected chi connectivity index (χ0v) is 23.3. The number of anilines is 1. The van der Waals surface area contributed by atoms with Crippen molar-refractivity contribution >= 4 is 34.3 Å². The molecule has 0 bridgehead atoms. The number of hydrogen-bond acceptors (Lipinski definition) is 7. The van der Waals surface area contributed by atoms with Crippen LogP contribution in [0.25, 0.3) is 10.9 Å². The van der Waals surface area contributed by atoms with Crippen LogP contribution < -0.4 is 22.5 Å². The number of fused-ring (bicyclic) bond motifs is 1. The van der Waals surface area contributed by atoms with E-state index in [-0.39, 0.29) is 38.3 Å². The van der Waals surface area contributed by atoms with Gasteiger partial charge in [-0.15, -0.1) is 0 Å². The molecule has 0 fully saturated rings. The molecule has 0 radical (unpaired) electrons. The number of halogens is 3. The Morgan fingerprint density at radius 1 is 1.00 bits per heavy atom. The number of benzene rings is 2. The second kappa shape index (κ2) is 14.7. The van der Waals surface area contributed by atoms with Crippen LogP contribution in [0.4, 0.5) is 18.9 Å². The Hall–Kier alpha value is -4.07. The van der Waals surface area contributed by atoms with Crippen LogP contribution in [-0.4, -0.2) is 77.8 Å². The van der Waals surface area contributed by atoms with Crippen LogP contribution in [0, 0.1) is 0 Å². The minimum atomic E-state index is -4.51. The number of hydrogen-bond donors (Lipinski definition) is 4. The summed E-state index contributed by atoms with van der Waals surface area (Å²) in [5.74, 6) is -1.43. The third-order valence-electron chi connectivity index (χ3n) is 6.82. The topological polar surface area (TPSA) is 161 Å². The lowest BCUT2D eigenvalue weighted by Gasteiger charge is -2.30. The summed E-state index contributed by atoms with van der Waals surface area (Å²) in [5, 5.41) is 3.54. The first-order valence-electron chi connectivity index (χ1n) is 13.5. The molecule has 226 valence electrons. The van der Waals surface area contributed by atoms with Crippen molar-refractivity contribution in [2.45, 2.75) is 37.5 Å². The van der Waals surface area contributed by atoms with E-state index in [1.54, 1.807) is 6.07 Å². The fraction of sp³-hybridized carbons (Fsp3) is 0.379. The van der Waals surface area contributed by atoms with E-state index in [4.69, 9.17) is 17.2 Å². The van der Waals surface area contributed by atoms with Gasteiger partial charge in [-0.2, -0.15) is 13.2 Å². The number of likely N-dealkylation sites (N-methyl/N-ethyl adjacent to an activating group) is 1. The van der Waals surface area contributed by atoms with Gasteiger partial charge in [0.05, 0.1) is 29.0 Å². The maximum atomic E-state index is 13.5. The molecule has 7 N–H and O–H groups in total. The summed E-state index contributed by atoms with van der Waals surface area (Å²) in [6.07, 6.45) is -3.14. The number of nitrogens with zero attached hydrogens (tertiary/aromatic N) is 3. The van der Waals surface area contributed by atoms with Gasteiger partial charge in [0, 0.05) is 51.5 Å². The highest BCUT2D eigenvalue weighted by Gasteiger charge is 2.32. The Balaban J connectivity index is 1.79. The Kier molecular flexibility index (Phi) is 11.4. The molecular weight excluding hydrogens is 551 g/mol. The maximum absolute atomic E-state index is 13.5. The summed E-state index contributed by atoms with van der Waals surface area (Å²) in [7, 11) is 1.39. The van der Waals surface area contributed by atoms with E-state index in [0.717, 1.165) is 27.9 Å². The molecule has 1 heterocycles. The average molecular weight is 588 g/mol. The third kappa shape index (κ3) is 8.71. The van der Waals surface area contributed by atoms with Gasteiger partial charge in [-0.25, -0.2) is 0 Å².